The molecule has 0 aromatic rings. The number of nitrogens with zero attached hydrogens (tertiary/aromatic N) is 6. The van der Waals surface area contributed by atoms with Gasteiger partial charge in [-0.1, -0.05) is 11.6 Å². The number of guanidine groups is 1. The van der Waals surface area contributed by atoms with Crippen LogP contribution in [0.15, 0.2) is 22.2 Å². The van der Waals surface area contributed by atoms with Gasteiger partial charge in [-0.2, -0.15) is 0 Å². The molecule has 0 spiro atoms. The highest BCUT2D eigenvalue weighted by Crippen LogP contribution is 2.25. The molecule has 1 saturated heterocycles. The molecular formula is C16H23N6O2+. The Labute approximate surface area is 141 Å². The Morgan fingerprint density at radius 2 is 2.04 bits per heavy atom. The van der Waals surface area contributed by atoms with Gasteiger partial charge in [0, 0.05) is 13.6 Å². The number of fused-ring (bicyclic) bond motifs is 2. The number of hydrogen-bond acceptors (Lipinski definition) is 5. The molecule has 0 N–H and O–H groups in total. The van der Waals surface area contributed by atoms with Gasteiger partial charge in [-0.25, -0.2) is 9.37 Å². The number of amides is 3. The molecule has 0 aromatic carbocycles. The molecule has 3 rings (SSSR count). The molecule has 3 aliphatic rings. The summed E-state index contributed by atoms with van der Waals surface area (Å²) in [5, 5.41) is 6.34. The molecular weight excluding hydrogens is 308 g/mol. The van der Waals surface area contributed by atoms with Crippen LogP contribution in [0.4, 0.5) is 4.79 Å². The minimum absolute atomic E-state index is 0.0723. The lowest BCUT2D eigenvalue weighted by Crippen LogP contribution is -2.64. The summed E-state index contributed by atoms with van der Waals surface area (Å²) in [7, 11) is 1.66. The van der Waals surface area contributed by atoms with Gasteiger partial charge in [0.25, 0.3) is 5.91 Å². The maximum absolute atomic E-state index is 12.9. The zero-order valence-corrected chi connectivity index (χ0v) is 14.8. The van der Waals surface area contributed by atoms with E-state index >= 15 is 0 Å². The summed E-state index contributed by atoms with van der Waals surface area (Å²) in [5.74, 6) is 0.835. The second kappa shape index (κ2) is 5.54. The van der Waals surface area contributed by atoms with Gasteiger partial charge in [-0.15, -0.1) is 10.1 Å². The van der Waals surface area contributed by atoms with Crippen LogP contribution in [-0.4, -0.2) is 81.1 Å². The first-order valence-corrected chi connectivity index (χ1v) is 8.07. The summed E-state index contributed by atoms with van der Waals surface area (Å²) in [6, 6.07) is -0.998. The lowest BCUT2D eigenvalue weighted by molar-refractivity contribution is -0.559. The maximum atomic E-state index is 12.9. The number of carbonyl (C=O) groups is 2. The van der Waals surface area contributed by atoms with Crippen LogP contribution in [0.3, 0.4) is 0 Å². The van der Waals surface area contributed by atoms with Crippen molar-refractivity contribution in [2.45, 2.75) is 39.8 Å². The Hall–Kier alpha value is -2.51. The number of hydrazone groups is 1. The second-order valence-corrected chi connectivity index (χ2v) is 6.44. The van der Waals surface area contributed by atoms with Crippen molar-refractivity contribution in [2.75, 3.05) is 20.1 Å². The molecule has 3 aliphatic heterocycles. The van der Waals surface area contributed by atoms with Gasteiger partial charge in [0.15, 0.2) is 0 Å². The molecule has 3 heterocycles. The first-order valence-electron chi connectivity index (χ1n) is 8.07. The second-order valence-electron chi connectivity index (χ2n) is 6.44. The molecule has 0 aliphatic carbocycles. The minimum Gasteiger partial charge on any atom is -0.270 e. The predicted octanol–water partition coefficient (Wildman–Crippen LogP) is 0.706. The molecule has 2 unspecified atom stereocenters. The van der Waals surface area contributed by atoms with Crippen LogP contribution < -0.4 is 0 Å². The van der Waals surface area contributed by atoms with E-state index in [1.54, 1.807) is 19.0 Å². The van der Waals surface area contributed by atoms with Gasteiger partial charge < -0.3 is 0 Å². The first-order chi connectivity index (χ1) is 11.3. The average Bonchev–Trinajstić information content (AvgIpc) is 2.91. The number of hydrogen-bond donors (Lipinski definition) is 0. The summed E-state index contributed by atoms with van der Waals surface area (Å²) < 4.78 is 1.95. The summed E-state index contributed by atoms with van der Waals surface area (Å²) in [5.41, 5.74) is 1.83. The van der Waals surface area contributed by atoms with Crippen LogP contribution in [0.5, 0.6) is 0 Å². The lowest BCUT2D eigenvalue weighted by Gasteiger charge is -2.35. The van der Waals surface area contributed by atoms with Gasteiger partial charge in [0.2, 0.25) is 11.9 Å². The summed E-state index contributed by atoms with van der Waals surface area (Å²) in [4.78, 5) is 32.6. The highest BCUT2D eigenvalue weighted by molar-refractivity contribution is 6.23. The Bertz CT molecular complexity index is 735. The molecule has 24 heavy (non-hydrogen) atoms. The van der Waals surface area contributed by atoms with E-state index in [0.29, 0.717) is 24.9 Å². The quantitative estimate of drug-likeness (QED) is 0.565. The molecule has 1 fully saturated rings. The Balaban J connectivity index is 2.10. The Kier molecular flexibility index (Phi) is 3.77. The van der Waals surface area contributed by atoms with Crippen LogP contribution in [0.25, 0.3) is 0 Å². The highest BCUT2D eigenvalue weighted by Gasteiger charge is 2.55. The number of imide groups is 1. The van der Waals surface area contributed by atoms with Gasteiger partial charge in [0.05, 0.1) is 5.71 Å². The van der Waals surface area contributed by atoms with Crippen LogP contribution >= 0.6 is 0 Å². The van der Waals surface area contributed by atoms with E-state index in [4.69, 9.17) is 0 Å². The van der Waals surface area contributed by atoms with Crippen LogP contribution in [0.2, 0.25) is 0 Å². The van der Waals surface area contributed by atoms with E-state index in [-0.39, 0.29) is 18.0 Å². The predicted molar refractivity (Wildman–Crippen MR) is 91.1 cm³/mol. The molecule has 0 aromatic heterocycles. The van der Waals surface area contributed by atoms with Crippen LogP contribution in [0.1, 0.15) is 27.7 Å². The fraction of sp³-hybridized carbons (Fsp3) is 0.562. The van der Waals surface area contributed by atoms with Crippen molar-refractivity contribution in [1.29, 1.82) is 0 Å². The Morgan fingerprint density at radius 1 is 1.38 bits per heavy atom. The fourth-order valence-electron chi connectivity index (χ4n) is 3.23. The fourth-order valence-corrected chi connectivity index (χ4v) is 3.23. The molecule has 0 saturated carbocycles. The largest absolute Gasteiger partial charge is 0.417 e. The van der Waals surface area contributed by atoms with Crippen molar-refractivity contribution in [1.82, 2.24) is 14.8 Å². The number of likely N-dealkylation sites (N-methyl/N-ethyl adjacent to an activating group) is 2. The van der Waals surface area contributed by atoms with E-state index in [2.05, 4.69) is 16.7 Å². The maximum Gasteiger partial charge on any atom is 0.417 e. The summed E-state index contributed by atoms with van der Waals surface area (Å²) in [6.07, 6.45) is 0. The molecule has 8 nitrogen and oxygen atoms in total. The van der Waals surface area contributed by atoms with Crippen molar-refractivity contribution < 1.29 is 14.2 Å². The molecule has 3 amide bonds. The number of urea groups is 1. The van der Waals surface area contributed by atoms with E-state index in [9.17, 15) is 9.59 Å². The molecule has 128 valence electrons. The van der Waals surface area contributed by atoms with Gasteiger partial charge >= 0.3 is 12.0 Å². The van der Waals surface area contributed by atoms with Crippen LogP contribution in [-0.2, 0) is 4.79 Å². The highest BCUT2D eigenvalue weighted by atomic mass is 16.2. The normalized spacial score (nSPS) is 26.5. The first kappa shape index (κ1) is 16.4. The lowest BCUT2D eigenvalue weighted by atomic mass is 10.1. The zero-order chi connectivity index (χ0) is 17.8. The third kappa shape index (κ3) is 2.16. The summed E-state index contributed by atoms with van der Waals surface area (Å²) in [6.45, 7) is 12.4. The van der Waals surface area contributed by atoms with Gasteiger partial charge in [0.1, 0.15) is 12.6 Å². The third-order valence-electron chi connectivity index (χ3n) is 4.60. The minimum atomic E-state index is -0.587. The van der Waals surface area contributed by atoms with Crippen molar-refractivity contribution in [2.24, 2.45) is 10.1 Å². The van der Waals surface area contributed by atoms with Crippen molar-refractivity contribution >= 4 is 29.4 Å². The molecule has 0 bridgehead atoms. The van der Waals surface area contributed by atoms with Crippen LogP contribution in [0, 0.1) is 0 Å². The SMILES string of the molecule is C=C(C)CN1N=C(C)C(C)[N+]2=C1N=C1C2C(=O)N(CC)C(=O)N1C. The van der Waals surface area contributed by atoms with Crippen molar-refractivity contribution in [3.63, 3.8) is 0 Å². The standard InChI is InChI=1S/C16H23N6O2/c1-7-20-14(23)12-13(19(6)16(20)24)17-15-21(8-9(2)3)18-10(4)11(5)22(12)15/h11-12H,2,7-8H2,1,3-6H3/q+1. The zero-order valence-electron chi connectivity index (χ0n) is 14.8. The number of rotatable bonds is 3. The topological polar surface area (TPSA) is 71.6 Å². The molecule has 8 heteroatoms. The molecule has 0 radical (unpaired) electrons. The number of aliphatic imine (C=N–C) groups is 1. The average molecular weight is 331 g/mol. The molecule has 2 atom stereocenters. The van der Waals surface area contributed by atoms with Gasteiger partial charge in [-0.05, 0) is 33.3 Å². The van der Waals surface area contributed by atoms with E-state index in [1.165, 1.54) is 9.80 Å². The van der Waals surface area contributed by atoms with Crippen molar-refractivity contribution in [3.05, 3.63) is 12.2 Å². The van der Waals surface area contributed by atoms with E-state index < -0.39 is 6.04 Å². The smallest absolute Gasteiger partial charge is 0.270 e. The van der Waals surface area contributed by atoms with E-state index in [1.807, 2.05) is 25.3 Å². The third-order valence-corrected chi connectivity index (χ3v) is 4.60. The van der Waals surface area contributed by atoms with E-state index in [0.717, 1.165) is 11.3 Å². The summed E-state index contributed by atoms with van der Waals surface area (Å²) >= 11 is 0. The number of amidine groups is 1. The number of carbonyl (C=O) groups excluding carboxylic acids is 2. The Morgan fingerprint density at radius 3 is 2.62 bits per heavy atom. The van der Waals surface area contributed by atoms with Crippen molar-refractivity contribution in [3.8, 4) is 0 Å². The monoisotopic (exact) mass is 331 g/mol. The van der Waals surface area contributed by atoms with Gasteiger partial charge in [-0.3, -0.25) is 14.6 Å².